The first-order chi connectivity index (χ1) is 8.52. The first kappa shape index (κ1) is 17.7. The summed E-state index contributed by atoms with van der Waals surface area (Å²) >= 11 is 0. The van der Waals surface area contributed by atoms with Gasteiger partial charge in [0, 0.05) is 6.61 Å². The van der Waals surface area contributed by atoms with Crippen LogP contribution in [0.5, 0.6) is 0 Å². The van der Waals surface area contributed by atoms with Gasteiger partial charge in [-0.2, -0.15) is 0 Å². The molecule has 18 heavy (non-hydrogen) atoms. The highest BCUT2D eigenvalue weighted by Gasteiger charge is 2.12. The molecule has 0 aliphatic rings. The Morgan fingerprint density at radius 1 is 0.889 bits per heavy atom. The Hall–Kier alpha value is -0.300. The third-order valence-electron chi connectivity index (χ3n) is 4.42. The minimum atomic E-state index is 0.284. The number of allylic oxidation sites excluding steroid dienone is 1. The van der Waals surface area contributed by atoms with Crippen LogP contribution in [0.1, 0.15) is 79.6 Å². The molecule has 0 aliphatic carbocycles. The number of hydrogen-bond acceptors (Lipinski definition) is 1. The van der Waals surface area contributed by atoms with Gasteiger partial charge >= 0.3 is 0 Å². The van der Waals surface area contributed by atoms with Gasteiger partial charge in [0.1, 0.15) is 0 Å². The zero-order valence-corrected chi connectivity index (χ0v) is 13.3. The maximum absolute atomic E-state index is 8.94. The topological polar surface area (TPSA) is 20.2 Å². The average Bonchev–Trinajstić information content (AvgIpc) is 2.35. The van der Waals surface area contributed by atoms with E-state index in [0.29, 0.717) is 0 Å². The van der Waals surface area contributed by atoms with Crippen LogP contribution in [0, 0.1) is 11.8 Å². The molecule has 2 atom stereocenters. The van der Waals surface area contributed by atoms with Crippen LogP contribution in [0.25, 0.3) is 0 Å². The molecular weight excluding hydrogens is 220 g/mol. The summed E-state index contributed by atoms with van der Waals surface area (Å²) in [7, 11) is 0. The molecule has 0 bridgehead atoms. The van der Waals surface area contributed by atoms with Crippen molar-refractivity contribution in [3.63, 3.8) is 0 Å². The van der Waals surface area contributed by atoms with Gasteiger partial charge in [0.25, 0.3) is 0 Å². The molecule has 0 heterocycles. The highest BCUT2D eigenvalue weighted by Crippen LogP contribution is 2.25. The molecule has 0 aliphatic heterocycles. The van der Waals surface area contributed by atoms with Crippen LogP contribution in [0.3, 0.4) is 0 Å². The van der Waals surface area contributed by atoms with Crippen molar-refractivity contribution in [1.29, 1.82) is 0 Å². The zero-order valence-electron chi connectivity index (χ0n) is 13.3. The quantitative estimate of drug-likeness (QED) is 0.412. The molecule has 0 fully saturated rings. The zero-order chi connectivity index (χ0) is 14.0. The van der Waals surface area contributed by atoms with E-state index in [1.807, 2.05) is 0 Å². The average molecular weight is 254 g/mol. The number of aliphatic hydroxyl groups is 1. The second kappa shape index (κ2) is 10.6. The number of rotatable bonds is 10. The van der Waals surface area contributed by atoms with E-state index >= 15 is 0 Å². The maximum Gasteiger partial charge on any atom is 0.0468 e. The van der Waals surface area contributed by atoms with E-state index in [4.69, 9.17) is 5.11 Å². The van der Waals surface area contributed by atoms with E-state index < -0.39 is 0 Å². The molecule has 0 radical (unpaired) electrons. The number of aliphatic hydroxyl groups excluding tert-OH is 1. The Morgan fingerprint density at radius 3 is 2.00 bits per heavy atom. The first-order valence-corrected chi connectivity index (χ1v) is 7.78. The molecule has 0 saturated carbocycles. The van der Waals surface area contributed by atoms with Gasteiger partial charge < -0.3 is 5.11 Å². The Morgan fingerprint density at radius 2 is 1.44 bits per heavy atom. The van der Waals surface area contributed by atoms with Crippen LogP contribution < -0.4 is 0 Å². The maximum atomic E-state index is 8.94. The molecule has 0 spiro atoms. The van der Waals surface area contributed by atoms with Gasteiger partial charge in [0.05, 0.1) is 0 Å². The molecule has 1 N–H and O–H groups in total. The van der Waals surface area contributed by atoms with Crippen molar-refractivity contribution in [2.75, 3.05) is 6.61 Å². The van der Waals surface area contributed by atoms with Crippen molar-refractivity contribution in [1.82, 2.24) is 0 Å². The lowest BCUT2D eigenvalue weighted by Crippen LogP contribution is -2.08. The van der Waals surface area contributed by atoms with Crippen molar-refractivity contribution in [3.05, 3.63) is 11.1 Å². The van der Waals surface area contributed by atoms with E-state index in [1.165, 1.54) is 49.7 Å². The van der Waals surface area contributed by atoms with E-state index in [-0.39, 0.29) is 6.61 Å². The van der Waals surface area contributed by atoms with Crippen molar-refractivity contribution in [2.45, 2.75) is 79.6 Å². The van der Waals surface area contributed by atoms with Crippen molar-refractivity contribution < 1.29 is 5.11 Å². The summed E-state index contributed by atoms with van der Waals surface area (Å²) in [5.74, 6) is 1.67. The third kappa shape index (κ3) is 7.92. The van der Waals surface area contributed by atoms with E-state index in [0.717, 1.165) is 18.3 Å². The number of unbranched alkanes of at least 4 members (excludes halogenated alkanes) is 2. The van der Waals surface area contributed by atoms with Gasteiger partial charge in [0.15, 0.2) is 0 Å². The summed E-state index contributed by atoms with van der Waals surface area (Å²) in [5, 5.41) is 8.94. The molecule has 0 aromatic rings. The summed E-state index contributed by atoms with van der Waals surface area (Å²) in [4.78, 5) is 0. The van der Waals surface area contributed by atoms with Crippen LogP contribution in [-0.4, -0.2) is 11.7 Å². The summed E-state index contributed by atoms with van der Waals surface area (Å²) in [6.45, 7) is 11.7. The van der Waals surface area contributed by atoms with Gasteiger partial charge in [-0.25, -0.2) is 0 Å². The van der Waals surface area contributed by atoms with Crippen LogP contribution in [0.2, 0.25) is 0 Å². The van der Waals surface area contributed by atoms with Gasteiger partial charge in [-0.1, -0.05) is 57.6 Å². The smallest absolute Gasteiger partial charge is 0.0468 e. The monoisotopic (exact) mass is 254 g/mol. The molecule has 0 amide bonds. The summed E-state index contributed by atoms with van der Waals surface area (Å²) < 4.78 is 0. The highest BCUT2D eigenvalue weighted by molar-refractivity contribution is 5.09. The van der Waals surface area contributed by atoms with Crippen LogP contribution in [0.15, 0.2) is 11.1 Å². The molecular formula is C17H34O. The Bertz CT molecular complexity index is 230. The second-order valence-electron chi connectivity index (χ2n) is 6.02. The van der Waals surface area contributed by atoms with Crippen LogP contribution in [-0.2, 0) is 0 Å². The molecule has 108 valence electrons. The highest BCUT2D eigenvalue weighted by atomic mass is 16.2. The minimum Gasteiger partial charge on any atom is -0.396 e. The predicted octanol–water partition coefficient (Wildman–Crippen LogP) is 5.34. The predicted molar refractivity (Wildman–Crippen MR) is 81.8 cm³/mol. The largest absolute Gasteiger partial charge is 0.396 e. The fourth-order valence-corrected chi connectivity index (χ4v) is 2.32. The van der Waals surface area contributed by atoms with E-state index in [9.17, 15) is 0 Å². The summed E-state index contributed by atoms with van der Waals surface area (Å²) in [6, 6.07) is 0. The van der Waals surface area contributed by atoms with Crippen LogP contribution >= 0.6 is 0 Å². The van der Waals surface area contributed by atoms with Gasteiger partial charge in [-0.05, 0) is 44.9 Å². The lowest BCUT2D eigenvalue weighted by molar-refractivity contribution is 0.298. The lowest BCUT2D eigenvalue weighted by Gasteiger charge is -2.20. The Kier molecular flexibility index (Phi) is 10.4. The van der Waals surface area contributed by atoms with E-state index in [1.54, 1.807) is 0 Å². The SMILES string of the molecule is CCCCCC(C)C(C)CC/C(C)=C(\C)CCO. The van der Waals surface area contributed by atoms with Crippen molar-refractivity contribution in [3.8, 4) is 0 Å². The van der Waals surface area contributed by atoms with E-state index in [2.05, 4.69) is 34.6 Å². The van der Waals surface area contributed by atoms with Crippen molar-refractivity contribution >= 4 is 0 Å². The van der Waals surface area contributed by atoms with Crippen LogP contribution in [0.4, 0.5) is 0 Å². The van der Waals surface area contributed by atoms with Gasteiger partial charge in [-0.3, -0.25) is 0 Å². The third-order valence-corrected chi connectivity index (χ3v) is 4.42. The molecule has 2 unspecified atom stereocenters. The minimum absolute atomic E-state index is 0.284. The fraction of sp³-hybridized carbons (Fsp3) is 0.882. The molecule has 0 rings (SSSR count). The molecule has 1 heteroatoms. The Balaban J connectivity index is 3.93. The molecule has 0 saturated heterocycles. The molecule has 1 nitrogen and oxygen atoms in total. The standard InChI is InChI=1S/C17H34O/c1-6-7-8-9-14(2)15(3)10-11-16(4)17(5)12-13-18/h14-15,18H,6-13H2,1-5H3/b17-16+. The summed E-state index contributed by atoms with van der Waals surface area (Å²) in [5.41, 5.74) is 2.86. The first-order valence-electron chi connectivity index (χ1n) is 7.78. The number of hydrogen-bond donors (Lipinski definition) is 1. The van der Waals surface area contributed by atoms with Crippen molar-refractivity contribution in [2.24, 2.45) is 11.8 Å². The second-order valence-corrected chi connectivity index (χ2v) is 6.02. The fourth-order valence-electron chi connectivity index (χ4n) is 2.32. The molecule has 0 aromatic carbocycles. The Labute approximate surface area is 115 Å². The lowest BCUT2D eigenvalue weighted by atomic mass is 9.86. The van der Waals surface area contributed by atoms with Gasteiger partial charge in [-0.15, -0.1) is 0 Å². The van der Waals surface area contributed by atoms with Gasteiger partial charge in [0.2, 0.25) is 0 Å². The molecule has 0 aromatic heterocycles. The summed E-state index contributed by atoms with van der Waals surface area (Å²) in [6.07, 6.45) is 8.81. The normalized spacial score (nSPS) is 16.3.